The van der Waals surface area contributed by atoms with Gasteiger partial charge < -0.3 is 30.9 Å². The minimum atomic E-state index is -4.66. The Morgan fingerprint density at radius 3 is 2.19 bits per heavy atom. The van der Waals surface area contributed by atoms with Crippen molar-refractivity contribution in [2.45, 2.75) is 146 Å². The number of phosphoric acid groups is 1. The van der Waals surface area contributed by atoms with E-state index in [2.05, 4.69) is 44.9 Å². The number of nitrogens with one attached hydrogen (secondary N) is 1. The third-order valence-electron chi connectivity index (χ3n) is 6.80. The van der Waals surface area contributed by atoms with Crippen LogP contribution in [-0.2, 0) is 27.9 Å². The van der Waals surface area contributed by atoms with Crippen LogP contribution in [0.15, 0.2) is 17.3 Å². The van der Waals surface area contributed by atoms with E-state index in [1.165, 1.54) is 19.3 Å². The van der Waals surface area contributed by atoms with Gasteiger partial charge in [-0.2, -0.15) is 0 Å². The molecule has 1 rings (SSSR count). The monoisotopic (exact) mass is 710 g/mol. The van der Waals surface area contributed by atoms with Gasteiger partial charge in [0.05, 0.1) is 12.7 Å². The van der Waals surface area contributed by atoms with Crippen molar-refractivity contribution in [1.82, 2.24) is 10.2 Å². The quantitative estimate of drug-likeness (QED) is 0.0361. The lowest BCUT2D eigenvalue weighted by atomic mass is 9.74. The van der Waals surface area contributed by atoms with Gasteiger partial charge in [-0.15, -0.1) is 0 Å². The number of aliphatic hydroxyl groups is 2. The van der Waals surface area contributed by atoms with Crippen LogP contribution in [0.4, 0.5) is 0 Å². The molecule has 0 aromatic rings. The molecule has 1 aliphatic rings. The van der Waals surface area contributed by atoms with Crippen LogP contribution >= 0.6 is 7.82 Å². The molecule has 6 N–H and O–H groups in total. The van der Waals surface area contributed by atoms with Crippen molar-refractivity contribution < 1.29 is 43.0 Å². The molecule has 0 spiro atoms. The Balaban J connectivity index is -0.00000318. The summed E-state index contributed by atoms with van der Waals surface area (Å²) in [5, 5.41) is 23.5. The first-order chi connectivity index (χ1) is 22.5. The van der Waals surface area contributed by atoms with Crippen LogP contribution in [-0.4, -0.2) is 89.5 Å². The fourth-order valence-corrected chi connectivity index (χ4v) is 6.26. The molecular weight excluding hydrogens is 639 g/mol. The Hall–Kier alpha value is -1.86. The van der Waals surface area contributed by atoms with Gasteiger partial charge in [-0.1, -0.05) is 89.5 Å². The van der Waals surface area contributed by atoms with Crippen molar-refractivity contribution in [3.05, 3.63) is 12.3 Å². The SMILES string of the molecule is CC.CC.CC.CCC1OC(N(C=O)/C=C\C(N)=NC)C(O)C1OP(=O)(O)OCC(CO)CCCCNC(=O)CC(C)(C)CC(C)(C)C. The lowest BCUT2D eigenvalue weighted by Crippen LogP contribution is -2.41. The van der Waals surface area contributed by atoms with Crippen LogP contribution < -0.4 is 11.1 Å². The number of rotatable bonds is 19. The van der Waals surface area contributed by atoms with Crippen LogP contribution in [0.25, 0.3) is 0 Å². The minimum Gasteiger partial charge on any atom is -0.396 e. The van der Waals surface area contributed by atoms with Crippen LogP contribution in [0.2, 0.25) is 0 Å². The number of nitrogens with two attached hydrogens (primary N) is 1. The third kappa shape index (κ3) is 22.0. The number of amides is 2. The normalized spacial score (nSPS) is 21.4. The Kier molecular flexibility index (Phi) is 28.3. The van der Waals surface area contributed by atoms with Gasteiger partial charge in [0, 0.05) is 38.7 Å². The zero-order valence-electron chi connectivity index (χ0n) is 32.2. The second kappa shape index (κ2) is 26.9. The second-order valence-electron chi connectivity index (χ2n) is 12.8. The molecular formula is C34H71N4O9P. The molecule has 0 radical (unpaired) electrons. The van der Waals surface area contributed by atoms with Gasteiger partial charge in [0.15, 0.2) is 6.23 Å². The summed E-state index contributed by atoms with van der Waals surface area (Å²) in [4.78, 5) is 39.1. The van der Waals surface area contributed by atoms with Gasteiger partial charge in [0.1, 0.15) is 18.0 Å². The van der Waals surface area contributed by atoms with Crippen molar-refractivity contribution >= 4 is 26.0 Å². The average Bonchev–Trinajstić information content (AvgIpc) is 3.33. The summed E-state index contributed by atoms with van der Waals surface area (Å²) in [6.07, 6.45) is 1.86. The molecule has 2 amide bonds. The van der Waals surface area contributed by atoms with Crippen molar-refractivity contribution in [1.29, 1.82) is 0 Å². The van der Waals surface area contributed by atoms with E-state index in [4.69, 9.17) is 19.5 Å². The number of phosphoric ester groups is 1. The maximum atomic E-state index is 12.7. The highest BCUT2D eigenvalue weighted by Gasteiger charge is 2.49. The van der Waals surface area contributed by atoms with E-state index < -0.39 is 38.3 Å². The van der Waals surface area contributed by atoms with Crippen molar-refractivity contribution in [3.8, 4) is 0 Å². The Morgan fingerprint density at radius 1 is 1.12 bits per heavy atom. The Bertz CT molecular complexity index is 957. The predicted molar refractivity (Wildman–Crippen MR) is 194 cm³/mol. The van der Waals surface area contributed by atoms with Gasteiger partial charge in [-0.05, 0) is 42.6 Å². The summed E-state index contributed by atoms with van der Waals surface area (Å²) in [5.74, 6) is -0.292. The zero-order valence-corrected chi connectivity index (χ0v) is 33.1. The summed E-state index contributed by atoms with van der Waals surface area (Å²) < 4.78 is 28.9. The molecule has 1 saturated heterocycles. The van der Waals surface area contributed by atoms with E-state index in [1.54, 1.807) is 6.92 Å². The highest BCUT2D eigenvalue weighted by molar-refractivity contribution is 7.47. The molecule has 1 heterocycles. The van der Waals surface area contributed by atoms with Crippen molar-refractivity contribution in [2.75, 3.05) is 26.8 Å². The van der Waals surface area contributed by atoms with Gasteiger partial charge in [0.2, 0.25) is 12.3 Å². The average molecular weight is 711 g/mol. The molecule has 6 unspecified atom stereocenters. The summed E-state index contributed by atoms with van der Waals surface area (Å²) in [7, 11) is -3.19. The lowest BCUT2D eigenvalue weighted by molar-refractivity contribution is -0.131. The molecule has 0 aromatic heterocycles. The molecule has 48 heavy (non-hydrogen) atoms. The molecule has 13 nitrogen and oxygen atoms in total. The summed E-state index contributed by atoms with van der Waals surface area (Å²) in [6, 6.07) is 0. The van der Waals surface area contributed by atoms with E-state index >= 15 is 0 Å². The summed E-state index contributed by atoms with van der Waals surface area (Å²) in [6.45, 7) is 24.4. The molecule has 6 atom stereocenters. The highest BCUT2D eigenvalue weighted by Crippen LogP contribution is 2.48. The first-order valence-corrected chi connectivity index (χ1v) is 19.0. The largest absolute Gasteiger partial charge is 0.472 e. The van der Waals surface area contributed by atoms with E-state index in [9.17, 15) is 29.3 Å². The number of carbonyl (C=O) groups excluding carboxylic acids is 2. The number of amidine groups is 1. The Labute approximate surface area is 291 Å². The lowest BCUT2D eigenvalue weighted by Gasteiger charge is -2.31. The number of unbranched alkanes of at least 4 members (excludes halogenated alkanes) is 1. The predicted octanol–water partition coefficient (Wildman–Crippen LogP) is 5.77. The molecule has 0 aliphatic carbocycles. The first-order valence-electron chi connectivity index (χ1n) is 17.5. The van der Waals surface area contributed by atoms with Crippen LogP contribution in [0.3, 0.4) is 0 Å². The van der Waals surface area contributed by atoms with E-state index in [0.29, 0.717) is 45.1 Å². The second-order valence-corrected chi connectivity index (χ2v) is 14.2. The minimum absolute atomic E-state index is 0.00147. The smallest absolute Gasteiger partial charge is 0.396 e. The van der Waals surface area contributed by atoms with Crippen LogP contribution in [0.5, 0.6) is 0 Å². The maximum absolute atomic E-state index is 12.7. The van der Waals surface area contributed by atoms with E-state index in [-0.39, 0.29) is 35.8 Å². The fraction of sp³-hybridized carbons (Fsp3) is 0.853. The molecule has 1 aliphatic heterocycles. The van der Waals surface area contributed by atoms with Crippen LogP contribution in [0, 0.1) is 16.7 Å². The molecule has 1 fully saturated rings. The molecule has 14 heteroatoms. The van der Waals surface area contributed by atoms with E-state index in [1.807, 2.05) is 41.5 Å². The molecule has 286 valence electrons. The number of nitrogens with zero attached hydrogens (tertiary/aromatic N) is 2. The number of carbonyl (C=O) groups is 2. The number of hydrogen-bond donors (Lipinski definition) is 5. The van der Waals surface area contributed by atoms with Gasteiger partial charge >= 0.3 is 7.82 Å². The van der Waals surface area contributed by atoms with Gasteiger partial charge in [-0.3, -0.25) is 28.5 Å². The van der Waals surface area contributed by atoms with Crippen molar-refractivity contribution in [3.63, 3.8) is 0 Å². The van der Waals surface area contributed by atoms with Gasteiger partial charge in [-0.25, -0.2) is 4.57 Å². The molecule has 0 aromatic carbocycles. The van der Waals surface area contributed by atoms with Gasteiger partial charge in [0.25, 0.3) is 0 Å². The zero-order chi connectivity index (χ0) is 38.1. The first kappa shape index (κ1) is 50.5. The third-order valence-corrected chi connectivity index (χ3v) is 7.78. The topological polar surface area (TPSA) is 193 Å². The highest BCUT2D eigenvalue weighted by atomic mass is 31.2. The van der Waals surface area contributed by atoms with Crippen LogP contribution in [0.1, 0.15) is 122 Å². The number of aliphatic hydroxyl groups excluding tert-OH is 2. The standard InChI is InChI=1S/C28H53N4O9P.3C2H6/c1-8-21-25(24(36)26(40-21)32(19-34)14-12-22(29)30-7)41-42(37,38)39-17-20(16-33)11-9-10-13-31-23(35)15-28(5,6)18-27(2,3)4;3*1-2/h12,14,19-21,24-26,33,36H,8-11,13,15-18H2,1-7H3,(H2,29,30)(H,31,35)(H,37,38);3*1-2H3/b14-12-;;;. The number of hydrogen-bond acceptors (Lipinski definition) is 9. The number of aliphatic imine (C=N–C) groups is 1. The van der Waals surface area contributed by atoms with Crippen molar-refractivity contribution in [2.24, 2.45) is 27.5 Å². The Morgan fingerprint density at radius 2 is 1.71 bits per heavy atom. The number of ether oxygens (including phenoxy) is 1. The summed E-state index contributed by atoms with van der Waals surface area (Å²) in [5.41, 5.74) is 5.63. The van der Waals surface area contributed by atoms with E-state index in [0.717, 1.165) is 11.3 Å². The fourth-order valence-electron chi connectivity index (χ4n) is 5.23. The summed E-state index contributed by atoms with van der Waals surface area (Å²) >= 11 is 0. The maximum Gasteiger partial charge on any atom is 0.472 e. The molecule has 0 saturated carbocycles. The molecule has 0 bridgehead atoms.